The molecule has 0 saturated heterocycles. The lowest BCUT2D eigenvalue weighted by molar-refractivity contribution is 0.628. The molecule has 1 unspecified atom stereocenters. The van der Waals surface area contributed by atoms with E-state index in [1.54, 1.807) is 0 Å². The average molecular weight is 213 g/mol. The number of halogens is 2. The minimum Gasteiger partial charge on any atom is -0.367 e. The normalized spacial score (nSPS) is 11.9. The van der Waals surface area contributed by atoms with E-state index in [9.17, 15) is 4.39 Å². The predicted octanol–water partition coefficient (Wildman–Crippen LogP) is 3.19. The van der Waals surface area contributed by atoms with E-state index in [0.29, 0.717) is 11.4 Å². The number of nitrogens with zero attached hydrogens (tertiary/aromatic N) is 1. The van der Waals surface area contributed by atoms with Crippen molar-refractivity contribution < 1.29 is 4.39 Å². The van der Waals surface area contributed by atoms with Crippen molar-refractivity contribution in [3.05, 3.63) is 29.0 Å². The van der Waals surface area contributed by atoms with E-state index in [4.69, 9.17) is 16.9 Å². The van der Waals surface area contributed by atoms with E-state index < -0.39 is 5.82 Å². The van der Waals surface area contributed by atoms with Gasteiger partial charge in [-0.25, -0.2) is 4.39 Å². The smallest absolute Gasteiger partial charge is 0.146 e. The Hall–Kier alpha value is -1.27. The maximum Gasteiger partial charge on any atom is 0.146 e. The Bertz CT molecular complexity index is 360. The molecule has 0 aliphatic rings. The molecule has 0 heterocycles. The molecule has 0 bridgehead atoms. The van der Waals surface area contributed by atoms with E-state index in [2.05, 4.69) is 5.32 Å². The van der Waals surface area contributed by atoms with Crippen LogP contribution >= 0.6 is 11.6 Å². The molecule has 0 spiro atoms. The second kappa shape index (κ2) is 4.83. The van der Waals surface area contributed by atoms with Gasteiger partial charge in [0.25, 0.3) is 0 Å². The zero-order valence-electron chi connectivity index (χ0n) is 7.72. The summed E-state index contributed by atoms with van der Waals surface area (Å²) >= 11 is 5.70. The molecule has 2 nitrogen and oxygen atoms in total. The topological polar surface area (TPSA) is 35.8 Å². The molecule has 0 aliphatic carbocycles. The Morgan fingerprint density at radius 3 is 2.93 bits per heavy atom. The van der Waals surface area contributed by atoms with Crippen LogP contribution in [-0.4, -0.2) is 6.04 Å². The SMILES string of the molecule is CCC(C#N)Nc1cc(Cl)ccc1F. The Morgan fingerprint density at radius 2 is 2.36 bits per heavy atom. The fraction of sp³-hybridized carbons (Fsp3) is 0.300. The summed E-state index contributed by atoms with van der Waals surface area (Å²) in [7, 11) is 0. The quantitative estimate of drug-likeness (QED) is 0.835. The van der Waals surface area contributed by atoms with Gasteiger partial charge in [0.2, 0.25) is 0 Å². The van der Waals surface area contributed by atoms with Gasteiger partial charge in [0.15, 0.2) is 0 Å². The molecule has 1 rings (SSSR count). The zero-order chi connectivity index (χ0) is 10.6. The maximum atomic E-state index is 13.2. The summed E-state index contributed by atoms with van der Waals surface area (Å²) in [4.78, 5) is 0. The summed E-state index contributed by atoms with van der Waals surface area (Å²) in [5, 5.41) is 11.9. The van der Waals surface area contributed by atoms with E-state index >= 15 is 0 Å². The third-order valence-corrected chi connectivity index (χ3v) is 2.06. The predicted molar refractivity (Wildman–Crippen MR) is 54.7 cm³/mol. The van der Waals surface area contributed by atoms with Crippen LogP contribution in [0.2, 0.25) is 5.02 Å². The van der Waals surface area contributed by atoms with E-state index in [1.807, 2.05) is 13.0 Å². The van der Waals surface area contributed by atoms with Crippen molar-refractivity contribution in [1.82, 2.24) is 0 Å². The number of rotatable bonds is 3. The highest BCUT2D eigenvalue weighted by molar-refractivity contribution is 6.30. The van der Waals surface area contributed by atoms with Crippen molar-refractivity contribution >= 4 is 17.3 Å². The standard InChI is InChI=1S/C10H10ClFN2/c1-2-8(6-13)14-10-5-7(11)3-4-9(10)12/h3-5,8,14H,2H2,1H3. The number of benzene rings is 1. The van der Waals surface area contributed by atoms with Gasteiger partial charge < -0.3 is 5.32 Å². The summed E-state index contributed by atoms with van der Waals surface area (Å²) < 4.78 is 13.2. The highest BCUT2D eigenvalue weighted by Gasteiger charge is 2.08. The summed E-state index contributed by atoms with van der Waals surface area (Å²) in [6.45, 7) is 1.85. The van der Waals surface area contributed by atoms with Crippen molar-refractivity contribution in [2.75, 3.05) is 5.32 Å². The Labute approximate surface area is 87.3 Å². The number of anilines is 1. The molecular formula is C10H10ClFN2. The van der Waals surface area contributed by atoms with Crippen LogP contribution in [-0.2, 0) is 0 Å². The van der Waals surface area contributed by atoms with E-state index in [0.717, 1.165) is 0 Å². The number of nitrogens with one attached hydrogen (secondary N) is 1. The second-order valence-corrected chi connectivity index (χ2v) is 3.29. The van der Waals surface area contributed by atoms with Gasteiger partial charge in [0.1, 0.15) is 11.9 Å². The number of nitriles is 1. The fourth-order valence-corrected chi connectivity index (χ4v) is 1.19. The molecule has 0 fully saturated rings. The first kappa shape index (κ1) is 10.8. The lowest BCUT2D eigenvalue weighted by Gasteiger charge is -2.11. The Balaban J connectivity index is 2.86. The van der Waals surface area contributed by atoms with Crippen molar-refractivity contribution in [3.63, 3.8) is 0 Å². The summed E-state index contributed by atoms with van der Waals surface area (Å²) in [6, 6.07) is 5.85. The van der Waals surface area contributed by atoms with Crippen LogP contribution in [0.1, 0.15) is 13.3 Å². The molecule has 0 radical (unpaired) electrons. The summed E-state index contributed by atoms with van der Waals surface area (Å²) in [5.41, 5.74) is 0.269. The van der Waals surface area contributed by atoms with E-state index in [-0.39, 0.29) is 11.7 Å². The van der Waals surface area contributed by atoms with Gasteiger partial charge in [0, 0.05) is 5.02 Å². The Kier molecular flexibility index (Phi) is 3.73. The molecule has 1 N–H and O–H groups in total. The molecule has 1 atom stereocenters. The largest absolute Gasteiger partial charge is 0.367 e. The van der Waals surface area contributed by atoms with Gasteiger partial charge in [-0.2, -0.15) is 5.26 Å². The van der Waals surface area contributed by atoms with Crippen molar-refractivity contribution in [2.24, 2.45) is 0 Å². The van der Waals surface area contributed by atoms with Gasteiger partial charge in [0.05, 0.1) is 11.8 Å². The molecule has 4 heteroatoms. The fourth-order valence-electron chi connectivity index (χ4n) is 1.02. The molecular weight excluding hydrogens is 203 g/mol. The highest BCUT2D eigenvalue weighted by atomic mass is 35.5. The number of hydrogen-bond donors (Lipinski definition) is 1. The lowest BCUT2D eigenvalue weighted by Crippen LogP contribution is -2.16. The molecule has 0 saturated carbocycles. The molecule has 14 heavy (non-hydrogen) atoms. The third-order valence-electron chi connectivity index (χ3n) is 1.82. The maximum absolute atomic E-state index is 13.2. The number of hydrogen-bond acceptors (Lipinski definition) is 2. The second-order valence-electron chi connectivity index (χ2n) is 2.86. The average Bonchev–Trinajstić information content (AvgIpc) is 2.19. The first-order valence-corrected chi connectivity index (χ1v) is 4.66. The van der Waals surface area contributed by atoms with Gasteiger partial charge in [-0.1, -0.05) is 18.5 Å². The first-order chi connectivity index (χ1) is 6.67. The lowest BCUT2D eigenvalue weighted by atomic mass is 10.2. The third kappa shape index (κ3) is 2.61. The monoisotopic (exact) mass is 212 g/mol. The first-order valence-electron chi connectivity index (χ1n) is 4.28. The molecule has 74 valence electrons. The van der Waals surface area contributed by atoms with Gasteiger partial charge in [-0.3, -0.25) is 0 Å². The molecule has 0 amide bonds. The van der Waals surface area contributed by atoms with Crippen LogP contribution in [0.3, 0.4) is 0 Å². The van der Waals surface area contributed by atoms with Crippen LogP contribution in [0.25, 0.3) is 0 Å². The van der Waals surface area contributed by atoms with Crippen LogP contribution in [0.4, 0.5) is 10.1 Å². The highest BCUT2D eigenvalue weighted by Crippen LogP contribution is 2.20. The molecule has 0 aromatic heterocycles. The van der Waals surface area contributed by atoms with Crippen LogP contribution in [0.5, 0.6) is 0 Å². The molecule has 1 aromatic rings. The van der Waals surface area contributed by atoms with Gasteiger partial charge >= 0.3 is 0 Å². The Morgan fingerprint density at radius 1 is 1.64 bits per heavy atom. The van der Waals surface area contributed by atoms with Crippen molar-refractivity contribution in [1.29, 1.82) is 5.26 Å². The summed E-state index contributed by atoms with van der Waals surface area (Å²) in [6.07, 6.45) is 0.614. The minimum atomic E-state index is -0.400. The van der Waals surface area contributed by atoms with Crippen LogP contribution in [0.15, 0.2) is 18.2 Å². The summed E-state index contributed by atoms with van der Waals surface area (Å²) in [5.74, 6) is -0.400. The van der Waals surface area contributed by atoms with Gasteiger partial charge in [-0.05, 0) is 24.6 Å². The molecule has 1 aromatic carbocycles. The molecule has 0 aliphatic heterocycles. The van der Waals surface area contributed by atoms with Crippen molar-refractivity contribution in [3.8, 4) is 6.07 Å². The van der Waals surface area contributed by atoms with Gasteiger partial charge in [-0.15, -0.1) is 0 Å². The zero-order valence-corrected chi connectivity index (χ0v) is 8.48. The minimum absolute atomic E-state index is 0.269. The van der Waals surface area contributed by atoms with Crippen LogP contribution < -0.4 is 5.32 Å². The van der Waals surface area contributed by atoms with Crippen LogP contribution in [0, 0.1) is 17.1 Å². The van der Waals surface area contributed by atoms with E-state index in [1.165, 1.54) is 18.2 Å². The van der Waals surface area contributed by atoms with Crippen molar-refractivity contribution in [2.45, 2.75) is 19.4 Å².